The number of nitrogens with zero attached hydrogens (tertiary/aromatic N) is 2. The molecule has 0 N–H and O–H groups in total. The van der Waals surface area contributed by atoms with E-state index in [1.54, 1.807) is 18.0 Å². The summed E-state index contributed by atoms with van der Waals surface area (Å²) in [5, 5.41) is 0. The van der Waals surface area contributed by atoms with Crippen molar-refractivity contribution in [3.05, 3.63) is 29.8 Å². The normalized spacial score (nSPS) is 20.6. The van der Waals surface area contributed by atoms with Gasteiger partial charge in [0.05, 0.1) is 11.5 Å². The number of hydrogen-bond donors (Lipinski definition) is 0. The summed E-state index contributed by atoms with van der Waals surface area (Å²) in [7, 11) is 2.52. The standard InChI is InChI=1S/C14H20N2O3S/c1-15(2)12-6-4-5-11(9-12)14(17)16(3)13-7-8-20(18,19)10-13/h4-6,9,13H,7-8,10H2,1-3H3/t13-/m1/s1. The maximum atomic E-state index is 12.4. The van der Waals surface area contributed by atoms with Crippen LogP contribution in [-0.4, -0.2) is 57.9 Å². The van der Waals surface area contributed by atoms with Gasteiger partial charge in [0.25, 0.3) is 5.91 Å². The summed E-state index contributed by atoms with van der Waals surface area (Å²) in [5.74, 6) is 0.117. The first-order valence-corrected chi connectivity index (χ1v) is 8.37. The van der Waals surface area contributed by atoms with Crippen LogP contribution in [0.15, 0.2) is 24.3 Å². The third-order valence-electron chi connectivity index (χ3n) is 3.69. The SMILES string of the molecule is CN(C)c1cccc(C(=O)N(C)[C@@H]2CCS(=O)(=O)C2)c1. The molecule has 6 heteroatoms. The minimum Gasteiger partial charge on any atom is -0.378 e. The van der Waals surface area contributed by atoms with Crippen LogP contribution in [0.4, 0.5) is 5.69 Å². The summed E-state index contributed by atoms with van der Waals surface area (Å²) in [5.41, 5.74) is 1.53. The molecule has 0 radical (unpaired) electrons. The highest BCUT2D eigenvalue weighted by molar-refractivity contribution is 7.91. The van der Waals surface area contributed by atoms with Gasteiger partial charge in [-0.1, -0.05) is 6.07 Å². The summed E-state index contributed by atoms with van der Waals surface area (Å²) in [6.07, 6.45) is 0.526. The Hall–Kier alpha value is -1.56. The van der Waals surface area contributed by atoms with Gasteiger partial charge in [-0.05, 0) is 24.6 Å². The van der Waals surface area contributed by atoms with Crippen molar-refractivity contribution in [3.8, 4) is 0 Å². The molecule has 1 saturated heterocycles. The predicted molar refractivity (Wildman–Crippen MR) is 79.9 cm³/mol. The second-order valence-corrected chi connectivity index (χ2v) is 7.65. The number of rotatable bonds is 3. The second kappa shape index (κ2) is 5.44. The Balaban J connectivity index is 2.17. The van der Waals surface area contributed by atoms with Gasteiger partial charge in [-0.25, -0.2) is 8.42 Å². The lowest BCUT2D eigenvalue weighted by Crippen LogP contribution is -2.37. The number of benzene rings is 1. The summed E-state index contributed by atoms with van der Waals surface area (Å²) in [6, 6.07) is 7.13. The van der Waals surface area contributed by atoms with Crippen LogP contribution in [0.1, 0.15) is 16.8 Å². The molecule has 0 spiro atoms. The van der Waals surface area contributed by atoms with Crippen LogP contribution in [0.25, 0.3) is 0 Å². The highest BCUT2D eigenvalue weighted by atomic mass is 32.2. The molecule has 5 nitrogen and oxygen atoms in total. The smallest absolute Gasteiger partial charge is 0.253 e. The molecule has 0 aliphatic carbocycles. The summed E-state index contributed by atoms with van der Waals surface area (Å²) in [4.78, 5) is 15.9. The average Bonchev–Trinajstić information content (AvgIpc) is 2.77. The lowest BCUT2D eigenvalue weighted by Gasteiger charge is -2.24. The molecule has 20 heavy (non-hydrogen) atoms. The Bertz CT molecular complexity index is 611. The molecule has 2 rings (SSSR count). The van der Waals surface area contributed by atoms with E-state index in [1.807, 2.05) is 37.2 Å². The maximum absolute atomic E-state index is 12.4. The van der Waals surface area contributed by atoms with Crippen molar-refractivity contribution in [2.24, 2.45) is 0 Å². The van der Waals surface area contributed by atoms with Gasteiger partial charge in [0, 0.05) is 38.4 Å². The Morgan fingerprint density at radius 3 is 2.50 bits per heavy atom. The Morgan fingerprint density at radius 1 is 1.25 bits per heavy atom. The largest absolute Gasteiger partial charge is 0.378 e. The van der Waals surface area contributed by atoms with Gasteiger partial charge in [0.1, 0.15) is 0 Å². The number of hydrogen-bond acceptors (Lipinski definition) is 4. The molecule has 0 saturated carbocycles. The lowest BCUT2D eigenvalue weighted by molar-refractivity contribution is 0.0748. The van der Waals surface area contributed by atoms with Crippen molar-refractivity contribution in [1.82, 2.24) is 4.90 Å². The molecule has 1 aliphatic rings. The fraction of sp³-hybridized carbons (Fsp3) is 0.500. The molecular formula is C14H20N2O3S. The molecule has 0 bridgehead atoms. The van der Waals surface area contributed by atoms with Gasteiger partial charge in [0.2, 0.25) is 0 Å². The first-order chi connectivity index (χ1) is 9.30. The molecule has 1 atom stereocenters. The van der Waals surface area contributed by atoms with Crippen LogP contribution in [-0.2, 0) is 9.84 Å². The zero-order valence-electron chi connectivity index (χ0n) is 12.0. The first-order valence-electron chi connectivity index (χ1n) is 6.55. The van der Waals surface area contributed by atoms with E-state index < -0.39 is 9.84 Å². The van der Waals surface area contributed by atoms with Crippen LogP contribution >= 0.6 is 0 Å². The number of carbonyl (C=O) groups excluding carboxylic acids is 1. The van der Waals surface area contributed by atoms with Crippen LogP contribution < -0.4 is 4.90 Å². The van der Waals surface area contributed by atoms with Crippen LogP contribution in [0, 0.1) is 0 Å². The average molecular weight is 296 g/mol. The quantitative estimate of drug-likeness (QED) is 0.835. The highest BCUT2D eigenvalue weighted by Crippen LogP contribution is 2.20. The van der Waals surface area contributed by atoms with E-state index in [0.717, 1.165) is 5.69 Å². The van der Waals surface area contributed by atoms with E-state index in [0.29, 0.717) is 12.0 Å². The monoisotopic (exact) mass is 296 g/mol. The van der Waals surface area contributed by atoms with Crippen molar-refractivity contribution < 1.29 is 13.2 Å². The Labute approximate surface area is 120 Å². The van der Waals surface area contributed by atoms with E-state index in [1.165, 1.54) is 0 Å². The zero-order valence-corrected chi connectivity index (χ0v) is 12.9. The number of carbonyl (C=O) groups is 1. The fourth-order valence-electron chi connectivity index (χ4n) is 2.37. The second-order valence-electron chi connectivity index (χ2n) is 5.42. The highest BCUT2D eigenvalue weighted by Gasteiger charge is 2.33. The van der Waals surface area contributed by atoms with Gasteiger partial charge < -0.3 is 9.80 Å². The molecular weight excluding hydrogens is 276 g/mol. The van der Waals surface area contributed by atoms with Gasteiger partial charge in [-0.3, -0.25) is 4.79 Å². The third kappa shape index (κ3) is 3.12. The molecule has 110 valence electrons. The van der Waals surface area contributed by atoms with E-state index in [-0.39, 0.29) is 23.5 Å². The predicted octanol–water partition coefficient (Wildman–Crippen LogP) is 1.01. The Kier molecular flexibility index (Phi) is 4.04. The summed E-state index contributed by atoms with van der Waals surface area (Å²) >= 11 is 0. The van der Waals surface area contributed by atoms with Crippen molar-refractivity contribution in [1.29, 1.82) is 0 Å². The van der Waals surface area contributed by atoms with E-state index >= 15 is 0 Å². The van der Waals surface area contributed by atoms with Gasteiger partial charge in [0.15, 0.2) is 9.84 Å². The van der Waals surface area contributed by atoms with E-state index in [9.17, 15) is 13.2 Å². The molecule has 1 heterocycles. The zero-order chi connectivity index (χ0) is 14.9. The molecule has 0 aromatic heterocycles. The maximum Gasteiger partial charge on any atom is 0.253 e. The van der Waals surface area contributed by atoms with E-state index in [2.05, 4.69) is 0 Å². The number of anilines is 1. The molecule has 1 aliphatic heterocycles. The number of amides is 1. The van der Waals surface area contributed by atoms with Crippen molar-refractivity contribution in [3.63, 3.8) is 0 Å². The van der Waals surface area contributed by atoms with Gasteiger partial charge in [-0.2, -0.15) is 0 Å². The van der Waals surface area contributed by atoms with Gasteiger partial charge in [-0.15, -0.1) is 0 Å². The molecule has 1 fully saturated rings. The first kappa shape index (κ1) is 14.8. The summed E-state index contributed by atoms with van der Waals surface area (Å²) < 4.78 is 23.0. The van der Waals surface area contributed by atoms with Crippen molar-refractivity contribution >= 4 is 21.4 Å². The van der Waals surface area contributed by atoms with Crippen LogP contribution in [0.2, 0.25) is 0 Å². The molecule has 1 aromatic rings. The lowest BCUT2D eigenvalue weighted by atomic mass is 10.1. The molecule has 1 aromatic carbocycles. The van der Waals surface area contributed by atoms with Gasteiger partial charge >= 0.3 is 0 Å². The topological polar surface area (TPSA) is 57.7 Å². The van der Waals surface area contributed by atoms with E-state index in [4.69, 9.17) is 0 Å². The number of sulfone groups is 1. The Morgan fingerprint density at radius 2 is 1.95 bits per heavy atom. The minimum absolute atomic E-state index is 0.0720. The van der Waals surface area contributed by atoms with Crippen LogP contribution in [0.5, 0.6) is 0 Å². The summed E-state index contributed by atoms with van der Waals surface area (Å²) in [6.45, 7) is 0. The van der Waals surface area contributed by atoms with Crippen molar-refractivity contribution in [2.75, 3.05) is 37.5 Å². The molecule has 0 unspecified atom stereocenters. The van der Waals surface area contributed by atoms with Crippen LogP contribution in [0.3, 0.4) is 0 Å². The third-order valence-corrected chi connectivity index (χ3v) is 5.44. The fourth-order valence-corrected chi connectivity index (χ4v) is 4.14. The van der Waals surface area contributed by atoms with Crippen molar-refractivity contribution in [2.45, 2.75) is 12.5 Å². The molecule has 1 amide bonds. The minimum atomic E-state index is -2.98.